The summed E-state index contributed by atoms with van der Waals surface area (Å²) in [5.41, 5.74) is 7.27. The first-order chi connectivity index (χ1) is 6.11. The van der Waals surface area contributed by atoms with Gasteiger partial charge in [-0.2, -0.15) is 0 Å². The third kappa shape index (κ3) is 3.12. The molecule has 1 rings (SSSR count). The second-order valence-corrected chi connectivity index (χ2v) is 4.61. The molecular formula is C11H16BrN. The number of halogens is 1. The van der Waals surface area contributed by atoms with E-state index in [1.54, 1.807) is 0 Å². The van der Waals surface area contributed by atoms with Crippen molar-refractivity contribution in [3.63, 3.8) is 0 Å². The third-order valence-corrected chi connectivity index (χ3v) is 2.75. The summed E-state index contributed by atoms with van der Waals surface area (Å²) in [6.07, 6.45) is 1.03. The molecule has 1 nitrogen and oxygen atoms in total. The van der Waals surface area contributed by atoms with Crippen LogP contribution in [-0.2, 0) is 0 Å². The lowest BCUT2D eigenvalue weighted by Crippen LogP contribution is -2.13. The highest BCUT2D eigenvalue weighted by molar-refractivity contribution is 9.10. The molecule has 0 aliphatic rings. The molecule has 0 aromatic heterocycles. The van der Waals surface area contributed by atoms with E-state index >= 15 is 0 Å². The quantitative estimate of drug-likeness (QED) is 0.862. The number of nitrogens with two attached hydrogens (primary N) is 1. The zero-order valence-electron chi connectivity index (χ0n) is 8.13. The maximum absolute atomic E-state index is 6.07. The van der Waals surface area contributed by atoms with Crippen LogP contribution >= 0.6 is 15.9 Å². The zero-order valence-corrected chi connectivity index (χ0v) is 9.71. The van der Waals surface area contributed by atoms with Gasteiger partial charge in [-0.3, -0.25) is 0 Å². The van der Waals surface area contributed by atoms with Gasteiger partial charge in [-0.25, -0.2) is 0 Å². The van der Waals surface area contributed by atoms with Gasteiger partial charge < -0.3 is 5.73 Å². The fraction of sp³-hybridized carbons (Fsp3) is 0.455. The number of hydrogen-bond acceptors (Lipinski definition) is 1. The number of benzene rings is 1. The summed E-state index contributed by atoms with van der Waals surface area (Å²) >= 11 is 3.51. The number of rotatable bonds is 3. The highest BCUT2D eigenvalue weighted by Crippen LogP contribution is 2.25. The largest absolute Gasteiger partial charge is 0.324 e. The molecule has 0 radical (unpaired) electrons. The van der Waals surface area contributed by atoms with Crippen LogP contribution in [0, 0.1) is 5.92 Å². The maximum Gasteiger partial charge on any atom is 0.0308 e. The van der Waals surface area contributed by atoms with Crippen molar-refractivity contribution in [1.82, 2.24) is 0 Å². The van der Waals surface area contributed by atoms with Gasteiger partial charge in [0.2, 0.25) is 0 Å². The van der Waals surface area contributed by atoms with Crippen LogP contribution in [0.1, 0.15) is 31.9 Å². The summed E-state index contributed by atoms with van der Waals surface area (Å²) in [6.45, 7) is 4.38. The third-order valence-electron chi connectivity index (χ3n) is 2.03. The lowest BCUT2D eigenvalue weighted by molar-refractivity contribution is 0.509. The van der Waals surface area contributed by atoms with Crippen LogP contribution in [0.2, 0.25) is 0 Å². The van der Waals surface area contributed by atoms with Crippen LogP contribution < -0.4 is 5.73 Å². The minimum atomic E-state index is 0.149. The molecule has 0 fully saturated rings. The molecular weight excluding hydrogens is 226 g/mol. The second-order valence-electron chi connectivity index (χ2n) is 3.76. The molecule has 13 heavy (non-hydrogen) atoms. The zero-order chi connectivity index (χ0) is 9.84. The van der Waals surface area contributed by atoms with Gasteiger partial charge in [0.25, 0.3) is 0 Å². The molecule has 0 saturated heterocycles. The van der Waals surface area contributed by atoms with Crippen LogP contribution in [-0.4, -0.2) is 0 Å². The van der Waals surface area contributed by atoms with Gasteiger partial charge in [0, 0.05) is 10.5 Å². The molecule has 0 heterocycles. The normalized spacial score (nSPS) is 13.3. The van der Waals surface area contributed by atoms with Crippen LogP contribution in [0.4, 0.5) is 0 Å². The molecule has 1 unspecified atom stereocenters. The van der Waals surface area contributed by atoms with Crippen molar-refractivity contribution in [2.24, 2.45) is 11.7 Å². The second kappa shape index (κ2) is 4.77. The molecule has 0 aliphatic carbocycles. The van der Waals surface area contributed by atoms with Crippen LogP contribution in [0.3, 0.4) is 0 Å². The summed E-state index contributed by atoms with van der Waals surface area (Å²) < 4.78 is 1.11. The molecule has 2 N–H and O–H groups in total. The maximum atomic E-state index is 6.07. The van der Waals surface area contributed by atoms with E-state index in [1.165, 1.54) is 5.56 Å². The Morgan fingerprint density at radius 2 is 1.92 bits per heavy atom. The standard InChI is InChI=1S/C11H16BrN/c1-8(2)7-11(13)9-5-3-4-6-10(9)12/h3-6,8,11H,7,13H2,1-2H3. The Morgan fingerprint density at radius 3 is 2.46 bits per heavy atom. The summed E-state index contributed by atoms with van der Waals surface area (Å²) in [6, 6.07) is 8.30. The van der Waals surface area contributed by atoms with Gasteiger partial charge in [-0.1, -0.05) is 48.0 Å². The Bertz CT molecular complexity index is 271. The Balaban J connectivity index is 2.76. The van der Waals surface area contributed by atoms with Crippen molar-refractivity contribution < 1.29 is 0 Å². The van der Waals surface area contributed by atoms with Crippen LogP contribution in [0.5, 0.6) is 0 Å². The fourth-order valence-corrected chi connectivity index (χ4v) is 1.99. The minimum absolute atomic E-state index is 0.149. The lowest BCUT2D eigenvalue weighted by atomic mass is 9.98. The van der Waals surface area contributed by atoms with Crippen molar-refractivity contribution in [2.45, 2.75) is 26.3 Å². The Kier molecular flexibility index (Phi) is 3.94. The van der Waals surface area contributed by atoms with Gasteiger partial charge >= 0.3 is 0 Å². The van der Waals surface area contributed by atoms with Crippen LogP contribution in [0.15, 0.2) is 28.7 Å². The lowest BCUT2D eigenvalue weighted by Gasteiger charge is -2.15. The average molecular weight is 242 g/mol. The molecule has 0 aliphatic heterocycles. The molecule has 1 aromatic carbocycles. The minimum Gasteiger partial charge on any atom is -0.324 e. The van der Waals surface area contributed by atoms with Crippen molar-refractivity contribution in [3.8, 4) is 0 Å². The van der Waals surface area contributed by atoms with Crippen molar-refractivity contribution in [3.05, 3.63) is 34.3 Å². The number of hydrogen-bond donors (Lipinski definition) is 1. The average Bonchev–Trinajstić information content (AvgIpc) is 2.03. The van der Waals surface area contributed by atoms with Gasteiger partial charge in [0.05, 0.1) is 0 Å². The van der Waals surface area contributed by atoms with E-state index in [-0.39, 0.29) is 6.04 Å². The van der Waals surface area contributed by atoms with E-state index in [9.17, 15) is 0 Å². The Morgan fingerprint density at radius 1 is 1.31 bits per heavy atom. The summed E-state index contributed by atoms with van der Waals surface area (Å²) in [5.74, 6) is 0.641. The summed E-state index contributed by atoms with van der Waals surface area (Å²) in [4.78, 5) is 0. The topological polar surface area (TPSA) is 26.0 Å². The fourth-order valence-electron chi connectivity index (χ4n) is 1.41. The molecule has 0 bridgehead atoms. The first-order valence-electron chi connectivity index (χ1n) is 4.61. The van der Waals surface area contributed by atoms with E-state index in [0.29, 0.717) is 5.92 Å². The first kappa shape index (κ1) is 10.7. The van der Waals surface area contributed by atoms with Gasteiger partial charge in [0.1, 0.15) is 0 Å². The van der Waals surface area contributed by atoms with Crippen LogP contribution in [0.25, 0.3) is 0 Å². The van der Waals surface area contributed by atoms with E-state index in [0.717, 1.165) is 10.9 Å². The molecule has 0 spiro atoms. The Labute approximate surface area is 88.5 Å². The van der Waals surface area contributed by atoms with Crippen molar-refractivity contribution in [1.29, 1.82) is 0 Å². The predicted octanol–water partition coefficient (Wildman–Crippen LogP) is 3.50. The van der Waals surface area contributed by atoms with E-state index in [1.807, 2.05) is 18.2 Å². The molecule has 1 atom stereocenters. The summed E-state index contributed by atoms with van der Waals surface area (Å²) in [5, 5.41) is 0. The highest BCUT2D eigenvalue weighted by atomic mass is 79.9. The highest BCUT2D eigenvalue weighted by Gasteiger charge is 2.10. The molecule has 72 valence electrons. The Hall–Kier alpha value is -0.340. The smallest absolute Gasteiger partial charge is 0.0308 e. The van der Waals surface area contributed by atoms with Gasteiger partial charge in [0.15, 0.2) is 0 Å². The molecule has 0 amide bonds. The molecule has 0 saturated carbocycles. The SMILES string of the molecule is CC(C)CC(N)c1ccccc1Br. The van der Waals surface area contributed by atoms with E-state index in [2.05, 4.69) is 35.8 Å². The van der Waals surface area contributed by atoms with Gasteiger partial charge in [-0.15, -0.1) is 0 Å². The van der Waals surface area contributed by atoms with Gasteiger partial charge in [-0.05, 0) is 24.0 Å². The van der Waals surface area contributed by atoms with Crippen molar-refractivity contribution in [2.75, 3.05) is 0 Å². The predicted molar refractivity (Wildman–Crippen MR) is 60.5 cm³/mol. The summed E-state index contributed by atoms with van der Waals surface area (Å²) in [7, 11) is 0. The van der Waals surface area contributed by atoms with E-state index in [4.69, 9.17) is 5.73 Å². The van der Waals surface area contributed by atoms with E-state index < -0.39 is 0 Å². The molecule has 2 heteroatoms. The van der Waals surface area contributed by atoms with Crippen molar-refractivity contribution >= 4 is 15.9 Å². The molecule has 1 aromatic rings. The monoisotopic (exact) mass is 241 g/mol. The first-order valence-corrected chi connectivity index (χ1v) is 5.40.